The van der Waals surface area contributed by atoms with Crippen molar-refractivity contribution in [2.45, 2.75) is 10.3 Å². The van der Waals surface area contributed by atoms with Crippen LogP contribution < -0.4 is 32.1 Å². The second kappa shape index (κ2) is 11.2. The Morgan fingerprint density at radius 3 is 2.31 bits per heavy atom. The van der Waals surface area contributed by atoms with E-state index in [1.807, 2.05) is 0 Å². The summed E-state index contributed by atoms with van der Waals surface area (Å²) in [5.74, 6) is -2.56. The topological polar surface area (TPSA) is 93.7 Å². The molecular formula is C24H18Cl3FIN3O4-2. The van der Waals surface area contributed by atoms with E-state index in [1.54, 1.807) is 30.3 Å². The molecule has 2 amide bonds. The van der Waals surface area contributed by atoms with E-state index in [0.717, 1.165) is 9.13 Å². The van der Waals surface area contributed by atoms with E-state index in [2.05, 4.69) is 15.5 Å². The summed E-state index contributed by atoms with van der Waals surface area (Å²) >= 11 is 18.1. The van der Waals surface area contributed by atoms with Crippen molar-refractivity contribution < 1.29 is 40.3 Å². The average molecular weight is 665 g/mol. The number of amides is 2. The standard InChI is InChI=1S/C24H18Cl3FIN3O4/c1-36-32(35)29-15-6-2-13(3-7-15)20-21(24(20,26)27)23(34)31-17-10-11-19(25)18(12-17)22(33)30-16-8-4-14(28)5-9-16/h2-12,20-21H,1H3,(H,30,33)(H,31,34)/q-2. The molecule has 1 aliphatic carbocycles. The number of rotatable bonds is 8. The number of anilines is 2. The summed E-state index contributed by atoms with van der Waals surface area (Å²) in [5.41, 5.74) is 1.61. The van der Waals surface area contributed by atoms with Gasteiger partial charge in [-0.2, -0.15) is 0 Å². The first-order valence-electron chi connectivity index (χ1n) is 10.4. The van der Waals surface area contributed by atoms with Crippen LogP contribution in [0.25, 0.3) is 0 Å². The van der Waals surface area contributed by atoms with Crippen LogP contribution in [0, 0.1) is 20.5 Å². The Labute approximate surface area is 232 Å². The van der Waals surface area contributed by atoms with Gasteiger partial charge in [-0.05, 0) is 24.3 Å². The number of carbonyl (C=O) groups is 2. The Balaban J connectivity index is 1.44. The molecule has 2 atom stereocenters. The quantitative estimate of drug-likeness (QED) is 0.167. The Bertz CT molecular complexity index is 1280. The molecule has 4 rings (SSSR count). The third kappa shape index (κ3) is 6.10. The average Bonchev–Trinajstić information content (AvgIpc) is 3.43. The summed E-state index contributed by atoms with van der Waals surface area (Å²) in [6, 6.07) is 16.9. The first kappa shape index (κ1) is 27.1. The van der Waals surface area contributed by atoms with Gasteiger partial charge in [-0.3, -0.25) is 4.79 Å². The summed E-state index contributed by atoms with van der Waals surface area (Å²) in [6.45, 7) is 0. The summed E-state index contributed by atoms with van der Waals surface area (Å²) in [7, 11) is 1.31. The molecule has 190 valence electrons. The molecule has 2 unspecified atom stereocenters. The van der Waals surface area contributed by atoms with Gasteiger partial charge in [0.1, 0.15) is 5.82 Å². The summed E-state index contributed by atoms with van der Waals surface area (Å²) < 4.78 is 13.2. The fraction of sp³-hybridized carbons (Fsp3) is 0.167. The number of hydrogen-bond acceptors (Lipinski definition) is 5. The molecule has 3 aromatic carbocycles. The normalized spacial score (nSPS) is 18.2. The summed E-state index contributed by atoms with van der Waals surface area (Å²) in [5, 5.41) is 17.0. The minimum atomic E-state index is -1.31. The molecule has 0 heterocycles. The van der Waals surface area contributed by atoms with Crippen LogP contribution in [-0.2, 0) is 9.63 Å². The zero-order chi connectivity index (χ0) is 26.0. The molecule has 7 nitrogen and oxygen atoms in total. The van der Waals surface area contributed by atoms with Crippen molar-refractivity contribution in [3.63, 3.8) is 0 Å². The molecule has 0 aliphatic heterocycles. The van der Waals surface area contributed by atoms with Gasteiger partial charge >= 0.3 is 171 Å². The van der Waals surface area contributed by atoms with Gasteiger partial charge in [0.25, 0.3) is 0 Å². The molecule has 2 N–H and O–H groups in total. The van der Waals surface area contributed by atoms with E-state index in [4.69, 9.17) is 34.8 Å². The number of benzene rings is 3. The van der Waals surface area contributed by atoms with Crippen molar-refractivity contribution >= 4 is 58.0 Å². The molecule has 1 fully saturated rings. The third-order valence-electron chi connectivity index (χ3n) is 5.46. The zero-order valence-corrected chi connectivity index (χ0v) is 22.9. The van der Waals surface area contributed by atoms with Crippen LogP contribution >= 0.6 is 34.8 Å². The number of alkyl halides is 2. The van der Waals surface area contributed by atoms with Gasteiger partial charge in [-0.15, -0.1) is 0 Å². The van der Waals surface area contributed by atoms with Crippen molar-refractivity contribution in [3.05, 3.63) is 97.5 Å². The minimum absolute atomic E-state index is 0.122. The van der Waals surface area contributed by atoms with Crippen LogP contribution in [0.15, 0.2) is 66.7 Å². The first-order chi connectivity index (χ1) is 17.1. The Hall–Kier alpha value is -1.99. The second-order valence-electron chi connectivity index (χ2n) is 7.81. The van der Waals surface area contributed by atoms with E-state index in [1.165, 1.54) is 43.5 Å². The molecule has 12 heteroatoms. The monoisotopic (exact) mass is 663 g/mol. The Kier molecular flexibility index (Phi) is 8.40. The SMILES string of the molecule is CON([O-])[I-]c1ccc(C2C(C(=O)Nc3ccc(Cl)c(C(=O)Nc4ccc(F)cc4)c3)C2(Cl)Cl)cc1. The molecule has 0 radical (unpaired) electrons. The summed E-state index contributed by atoms with van der Waals surface area (Å²) in [4.78, 5) is 30.3. The van der Waals surface area contributed by atoms with Crippen LogP contribution in [-0.4, -0.2) is 26.7 Å². The van der Waals surface area contributed by atoms with E-state index in [0.29, 0.717) is 14.8 Å². The van der Waals surface area contributed by atoms with Crippen LogP contribution in [0.3, 0.4) is 0 Å². The number of nitrogens with zero attached hydrogens (tertiary/aromatic N) is 1. The van der Waals surface area contributed by atoms with Crippen molar-refractivity contribution in [2.75, 3.05) is 17.7 Å². The molecule has 1 aliphatic rings. The van der Waals surface area contributed by atoms with E-state index >= 15 is 0 Å². The maximum atomic E-state index is 13.1. The van der Waals surface area contributed by atoms with Crippen LogP contribution in [0.1, 0.15) is 21.8 Å². The fourth-order valence-corrected chi connectivity index (χ4v) is 6.00. The van der Waals surface area contributed by atoms with Crippen molar-refractivity contribution in [1.29, 1.82) is 0 Å². The van der Waals surface area contributed by atoms with E-state index in [-0.39, 0.29) is 10.6 Å². The van der Waals surface area contributed by atoms with Gasteiger partial charge < -0.3 is 5.32 Å². The Morgan fingerprint density at radius 1 is 1.03 bits per heavy atom. The number of halogens is 5. The fourth-order valence-electron chi connectivity index (χ4n) is 3.64. The van der Waals surface area contributed by atoms with Crippen LogP contribution in [0.4, 0.5) is 15.8 Å². The predicted octanol–water partition coefficient (Wildman–Crippen LogP) is 2.79. The second-order valence-corrected chi connectivity index (χ2v) is 12.2. The van der Waals surface area contributed by atoms with E-state index < -0.39 is 55.3 Å². The van der Waals surface area contributed by atoms with Crippen molar-refractivity contribution in [1.82, 2.24) is 3.44 Å². The van der Waals surface area contributed by atoms with Gasteiger partial charge in [0.2, 0.25) is 0 Å². The van der Waals surface area contributed by atoms with Crippen molar-refractivity contribution in [2.24, 2.45) is 5.92 Å². The van der Waals surface area contributed by atoms with E-state index in [9.17, 15) is 19.2 Å². The van der Waals surface area contributed by atoms with Gasteiger partial charge in [0.15, 0.2) is 0 Å². The molecule has 36 heavy (non-hydrogen) atoms. The van der Waals surface area contributed by atoms with Gasteiger partial charge in [-0.1, -0.05) is 11.6 Å². The maximum absolute atomic E-state index is 13.1. The Morgan fingerprint density at radius 2 is 1.67 bits per heavy atom. The molecule has 0 bridgehead atoms. The van der Waals surface area contributed by atoms with Crippen molar-refractivity contribution in [3.8, 4) is 0 Å². The predicted molar refractivity (Wildman–Crippen MR) is 132 cm³/mol. The third-order valence-corrected chi connectivity index (χ3v) is 8.79. The molecule has 0 spiro atoms. The molecule has 3 aromatic rings. The molecular weight excluding hydrogens is 647 g/mol. The molecule has 1 saturated carbocycles. The van der Waals surface area contributed by atoms with Crippen LogP contribution in [0.2, 0.25) is 5.02 Å². The number of carbonyl (C=O) groups excluding carboxylic acids is 2. The first-order valence-corrected chi connectivity index (χ1v) is 13.6. The zero-order valence-electron chi connectivity index (χ0n) is 18.5. The van der Waals surface area contributed by atoms with Gasteiger partial charge in [0, 0.05) is 5.69 Å². The molecule has 0 saturated heterocycles. The number of hydrogen-bond donors (Lipinski definition) is 2. The summed E-state index contributed by atoms with van der Waals surface area (Å²) in [6.07, 6.45) is 0. The van der Waals surface area contributed by atoms with Gasteiger partial charge in [0.05, 0.1) is 0 Å². The van der Waals surface area contributed by atoms with Crippen LogP contribution in [0.5, 0.6) is 0 Å². The van der Waals surface area contributed by atoms with Gasteiger partial charge in [-0.25, -0.2) is 4.39 Å². The molecule has 0 aromatic heterocycles. The number of nitrogens with one attached hydrogen (secondary N) is 2.